The van der Waals surface area contributed by atoms with Crippen LogP contribution in [0.3, 0.4) is 0 Å². The number of carbonyl (C=O) groups excluding carboxylic acids is 1. The summed E-state index contributed by atoms with van der Waals surface area (Å²) in [5, 5.41) is 0. The van der Waals surface area contributed by atoms with E-state index in [4.69, 9.17) is 4.74 Å². The summed E-state index contributed by atoms with van der Waals surface area (Å²) in [6.45, 7) is 3.45. The predicted molar refractivity (Wildman–Crippen MR) is 78.2 cm³/mol. The minimum Gasteiger partial charge on any atom is -0.456 e. The number of hydrogen-bond acceptors (Lipinski definition) is 2. The zero-order valence-corrected chi connectivity index (χ0v) is 12.6. The van der Waals surface area contributed by atoms with Gasteiger partial charge in [0.25, 0.3) is 0 Å². The summed E-state index contributed by atoms with van der Waals surface area (Å²) < 4.78 is 6.10. The molecule has 0 aliphatic rings. The Hall–Kier alpha value is -1.35. The largest absolute Gasteiger partial charge is 0.456 e. The summed E-state index contributed by atoms with van der Waals surface area (Å²) in [4.78, 5) is 11.9. The van der Waals surface area contributed by atoms with Gasteiger partial charge in [0.1, 0.15) is 13.2 Å². The lowest BCUT2D eigenvalue weighted by molar-refractivity contribution is -0.870. The van der Waals surface area contributed by atoms with Crippen LogP contribution in [-0.2, 0) is 11.2 Å². The van der Waals surface area contributed by atoms with Crippen LogP contribution in [0.1, 0.15) is 35.7 Å². The molecule has 0 N–H and O–H groups in total. The summed E-state index contributed by atoms with van der Waals surface area (Å²) in [5.41, 5.74) is 1.87. The molecule has 3 heteroatoms. The molecule has 0 aliphatic carbocycles. The Bertz CT molecular complexity index is 407. The normalized spacial score (nSPS) is 11.4. The first-order chi connectivity index (χ1) is 8.92. The molecule has 0 bridgehead atoms. The summed E-state index contributed by atoms with van der Waals surface area (Å²) in [5.74, 6) is -0.216. The van der Waals surface area contributed by atoms with Crippen molar-refractivity contribution in [3.05, 3.63) is 35.4 Å². The van der Waals surface area contributed by atoms with Crippen molar-refractivity contribution in [1.29, 1.82) is 0 Å². The summed E-state index contributed by atoms with van der Waals surface area (Å²) in [7, 11) is 6.25. The first-order valence-electron chi connectivity index (χ1n) is 6.99. The van der Waals surface area contributed by atoms with E-state index >= 15 is 0 Å². The second-order valence-corrected chi connectivity index (χ2v) is 5.95. The Balaban J connectivity index is 2.52. The third-order valence-electron chi connectivity index (χ3n) is 2.98. The van der Waals surface area contributed by atoms with E-state index in [0.29, 0.717) is 12.2 Å². The quantitative estimate of drug-likeness (QED) is 0.559. The van der Waals surface area contributed by atoms with Crippen LogP contribution in [0.2, 0.25) is 0 Å². The third-order valence-corrected chi connectivity index (χ3v) is 2.98. The van der Waals surface area contributed by atoms with Crippen molar-refractivity contribution in [2.24, 2.45) is 0 Å². The van der Waals surface area contributed by atoms with Gasteiger partial charge in [-0.3, -0.25) is 0 Å². The van der Waals surface area contributed by atoms with Gasteiger partial charge in [-0.2, -0.15) is 0 Å². The van der Waals surface area contributed by atoms with Crippen LogP contribution in [-0.4, -0.2) is 44.7 Å². The monoisotopic (exact) mass is 264 g/mol. The first-order valence-corrected chi connectivity index (χ1v) is 6.99. The van der Waals surface area contributed by atoms with E-state index in [0.717, 1.165) is 30.3 Å². The summed E-state index contributed by atoms with van der Waals surface area (Å²) in [6, 6.07) is 7.77. The number of rotatable bonds is 7. The molecule has 0 amide bonds. The third kappa shape index (κ3) is 6.39. The molecular formula is C16H26NO2+. The fourth-order valence-corrected chi connectivity index (χ4v) is 1.73. The topological polar surface area (TPSA) is 26.3 Å². The van der Waals surface area contributed by atoms with Crippen molar-refractivity contribution >= 4 is 5.97 Å². The van der Waals surface area contributed by atoms with E-state index in [-0.39, 0.29) is 5.97 Å². The number of esters is 1. The van der Waals surface area contributed by atoms with E-state index in [1.807, 2.05) is 18.2 Å². The molecular weight excluding hydrogens is 238 g/mol. The second kappa shape index (κ2) is 7.29. The maximum Gasteiger partial charge on any atom is 0.338 e. The van der Waals surface area contributed by atoms with Crippen LogP contribution < -0.4 is 0 Å². The lowest BCUT2D eigenvalue weighted by Gasteiger charge is -2.23. The molecule has 0 aliphatic heterocycles. The highest BCUT2D eigenvalue weighted by Gasteiger charge is 2.11. The SMILES string of the molecule is CCCCc1cccc(C(=O)OCC[N+](C)(C)C)c1. The zero-order valence-electron chi connectivity index (χ0n) is 12.6. The minimum atomic E-state index is -0.216. The standard InChI is InChI=1S/C16H26NO2/c1-5-6-8-14-9-7-10-15(13-14)16(18)19-12-11-17(2,3)4/h7,9-10,13H,5-6,8,11-12H2,1-4H3/q+1. The van der Waals surface area contributed by atoms with Gasteiger partial charge in [-0.05, 0) is 30.5 Å². The fraction of sp³-hybridized carbons (Fsp3) is 0.562. The maximum atomic E-state index is 11.9. The molecule has 0 heterocycles. The Morgan fingerprint density at radius 2 is 2.00 bits per heavy atom. The number of aryl methyl sites for hydroxylation is 1. The van der Waals surface area contributed by atoms with Crippen molar-refractivity contribution in [3.8, 4) is 0 Å². The Morgan fingerprint density at radius 1 is 1.26 bits per heavy atom. The van der Waals surface area contributed by atoms with E-state index in [1.54, 1.807) is 0 Å². The molecule has 19 heavy (non-hydrogen) atoms. The molecule has 0 saturated carbocycles. The van der Waals surface area contributed by atoms with Gasteiger partial charge in [-0.1, -0.05) is 25.5 Å². The average Bonchev–Trinajstić information content (AvgIpc) is 2.35. The Kier molecular flexibility index (Phi) is 6.03. The molecule has 0 fully saturated rings. The Labute approximate surface area is 116 Å². The molecule has 1 rings (SSSR count). The molecule has 0 saturated heterocycles. The highest BCUT2D eigenvalue weighted by molar-refractivity contribution is 5.89. The van der Waals surface area contributed by atoms with Crippen molar-refractivity contribution in [2.75, 3.05) is 34.3 Å². The highest BCUT2D eigenvalue weighted by atomic mass is 16.5. The number of benzene rings is 1. The van der Waals surface area contributed by atoms with Crippen LogP contribution in [0.4, 0.5) is 0 Å². The van der Waals surface area contributed by atoms with Gasteiger partial charge in [0.2, 0.25) is 0 Å². The molecule has 0 radical (unpaired) electrons. The van der Waals surface area contributed by atoms with E-state index in [1.165, 1.54) is 5.56 Å². The fourth-order valence-electron chi connectivity index (χ4n) is 1.73. The van der Waals surface area contributed by atoms with Gasteiger partial charge in [0.05, 0.1) is 26.7 Å². The number of unbranched alkanes of at least 4 members (excludes halogenated alkanes) is 1. The van der Waals surface area contributed by atoms with Gasteiger partial charge in [-0.15, -0.1) is 0 Å². The number of carbonyl (C=O) groups is 1. The van der Waals surface area contributed by atoms with E-state index < -0.39 is 0 Å². The zero-order chi connectivity index (χ0) is 14.3. The average molecular weight is 264 g/mol. The molecule has 0 unspecified atom stereocenters. The van der Waals surface area contributed by atoms with Gasteiger partial charge >= 0.3 is 5.97 Å². The number of quaternary nitrogens is 1. The summed E-state index contributed by atoms with van der Waals surface area (Å²) >= 11 is 0. The molecule has 1 aromatic carbocycles. The van der Waals surface area contributed by atoms with Crippen molar-refractivity contribution in [3.63, 3.8) is 0 Å². The van der Waals surface area contributed by atoms with Gasteiger partial charge in [-0.25, -0.2) is 4.79 Å². The molecule has 0 spiro atoms. The number of nitrogens with zero attached hydrogens (tertiary/aromatic N) is 1. The lowest BCUT2D eigenvalue weighted by Crippen LogP contribution is -2.38. The highest BCUT2D eigenvalue weighted by Crippen LogP contribution is 2.10. The number of likely N-dealkylation sites (N-methyl/N-ethyl adjacent to an activating group) is 1. The maximum absolute atomic E-state index is 11.9. The van der Waals surface area contributed by atoms with Crippen LogP contribution in [0.15, 0.2) is 24.3 Å². The van der Waals surface area contributed by atoms with Crippen LogP contribution >= 0.6 is 0 Å². The van der Waals surface area contributed by atoms with Crippen molar-refractivity contribution in [1.82, 2.24) is 0 Å². The minimum absolute atomic E-state index is 0.216. The van der Waals surface area contributed by atoms with Gasteiger partial charge in [0, 0.05) is 0 Å². The van der Waals surface area contributed by atoms with Crippen molar-refractivity contribution < 1.29 is 14.0 Å². The predicted octanol–water partition coefficient (Wildman–Crippen LogP) is 2.89. The second-order valence-electron chi connectivity index (χ2n) is 5.95. The van der Waals surface area contributed by atoms with Gasteiger partial charge < -0.3 is 9.22 Å². The van der Waals surface area contributed by atoms with Crippen molar-refractivity contribution in [2.45, 2.75) is 26.2 Å². The molecule has 1 aromatic rings. The first kappa shape index (κ1) is 15.7. The smallest absolute Gasteiger partial charge is 0.338 e. The number of ether oxygens (including phenoxy) is 1. The number of hydrogen-bond donors (Lipinski definition) is 0. The van der Waals surface area contributed by atoms with Crippen LogP contribution in [0.25, 0.3) is 0 Å². The van der Waals surface area contributed by atoms with Crippen LogP contribution in [0.5, 0.6) is 0 Å². The molecule has 106 valence electrons. The molecule has 0 aromatic heterocycles. The van der Waals surface area contributed by atoms with Gasteiger partial charge in [0.15, 0.2) is 0 Å². The molecule has 3 nitrogen and oxygen atoms in total. The summed E-state index contributed by atoms with van der Waals surface area (Å²) in [6.07, 6.45) is 3.34. The molecule has 0 atom stereocenters. The van der Waals surface area contributed by atoms with E-state index in [2.05, 4.69) is 34.1 Å². The lowest BCUT2D eigenvalue weighted by atomic mass is 10.1. The Morgan fingerprint density at radius 3 is 2.63 bits per heavy atom. The van der Waals surface area contributed by atoms with Crippen LogP contribution in [0, 0.1) is 0 Å². The van der Waals surface area contributed by atoms with E-state index in [9.17, 15) is 4.79 Å².